The summed E-state index contributed by atoms with van der Waals surface area (Å²) >= 11 is 0. The van der Waals surface area contributed by atoms with E-state index in [-0.39, 0.29) is 0 Å². The van der Waals surface area contributed by atoms with Crippen LogP contribution in [0.1, 0.15) is 30.9 Å². The molecule has 1 aromatic heterocycles. The molecular weight excluding hydrogens is 210 g/mol. The number of nitrogens with zero attached hydrogens (tertiary/aromatic N) is 2. The van der Waals surface area contributed by atoms with E-state index in [1.165, 1.54) is 30.5 Å². The highest BCUT2D eigenvalue weighted by Crippen LogP contribution is 2.12. The van der Waals surface area contributed by atoms with Gasteiger partial charge in [-0.2, -0.15) is 0 Å². The summed E-state index contributed by atoms with van der Waals surface area (Å²) in [5.41, 5.74) is 2.72. The third-order valence-electron chi connectivity index (χ3n) is 3.59. The number of nitrogens with one attached hydrogen (secondary N) is 1. The lowest BCUT2D eigenvalue weighted by Gasteiger charge is -2.24. The molecule has 0 radical (unpaired) electrons. The summed E-state index contributed by atoms with van der Waals surface area (Å²) < 4.78 is 0. The van der Waals surface area contributed by atoms with Crippen LogP contribution >= 0.6 is 0 Å². The van der Waals surface area contributed by atoms with E-state index < -0.39 is 0 Å². The minimum atomic E-state index is 0.652. The minimum absolute atomic E-state index is 0.652. The van der Waals surface area contributed by atoms with E-state index >= 15 is 0 Å². The molecule has 1 atom stereocenters. The zero-order valence-electron chi connectivity index (χ0n) is 10.9. The fraction of sp³-hybridized carbons (Fsp3) is 0.643. The second-order valence-electron chi connectivity index (χ2n) is 4.95. The fourth-order valence-electron chi connectivity index (χ4n) is 2.41. The lowest BCUT2D eigenvalue weighted by atomic mass is 10.1. The monoisotopic (exact) mass is 233 g/mol. The van der Waals surface area contributed by atoms with Gasteiger partial charge >= 0.3 is 0 Å². The molecule has 0 aliphatic carbocycles. The van der Waals surface area contributed by atoms with Crippen molar-refractivity contribution in [3.05, 3.63) is 29.6 Å². The predicted octanol–water partition coefficient (Wildman–Crippen LogP) is 1.96. The van der Waals surface area contributed by atoms with Gasteiger partial charge in [-0.05, 0) is 50.0 Å². The van der Waals surface area contributed by atoms with E-state index in [1.807, 2.05) is 12.4 Å². The van der Waals surface area contributed by atoms with Crippen LogP contribution in [-0.2, 0) is 6.54 Å². The van der Waals surface area contributed by atoms with Gasteiger partial charge in [0, 0.05) is 31.5 Å². The molecule has 1 saturated heterocycles. The van der Waals surface area contributed by atoms with Crippen LogP contribution in [0.15, 0.2) is 18.5 Å². The van der Waals surface area contributed by atoms with E-state index in [1.54, 1.807) is 0 Å². The first-order valence-corrected chi connectivity index (χ1v) is 6.65. The van der Waals surface area contributed by atoms with Crippen LogP contribution in [0.3, 0.4) is 0 Å². The molecule has 94 valence electrons. The van der Waals surface area contributed by atoms with E-state index in [2.05, 4.69) is 35.1 Å². The molecule has 0 saturated carbocycles. The van der Waals surface area contributed by atoms with Crippen molar-refractivity contribution in [2.24, 2.45) is 0 Å². The summed E-state index contributed by atoms with van der Waals surface area (Å²) in [6, 6.07) is 2.80. The second kappa shape index (κ2) is 6.12. The molecule has 1 N–H and O–H groups in total. The Kier molecular flexibility index (Phi) is 4.51. The van der Waals surface area contributed by atoms with Crippen molar-refractivity contribution in [2.45, 2.75) is 39.3 Å². The Bertz CT molecular complexity index is 351. The molecule has 3 heteroatoms. The van der Waals surface area contributed by atoms with Gasteiger partial charge in [0.25, 0.3) is 0 Å². The lowest BCUT2D eigenvalue weighted by molar-refractivity contribution is 0.257. The summed E-state index contributed by atoms with van der Waals surface area (Å²) in [4.78, 5) is 6.72. The Morgan fingerprint density at radius 1 is 1.53 bits per heavy atom. The molecule has 1 unspecified atom stereocenters. The molecule has 2 heterocycles. The van der Waals surface area contributed by atoms with Crippen molar-refractivity contribution in [2.75, 3.05) is 19.6 Å². The highest BCUT2D eigenvalue weighted by molar-refractivity contribution is 5.21. The van der Waals surface area contributed by atoms with E-state index in [9.17, 15) is 0 Å². The van der Waals surface area contributed by atoms with Gasteiger partial charge in [0.15, 0.2) is 0 Å². The smallest absolute Gasteiger partial charge is 0.0300 e. The van der Waals surface area contributed by atoms with E-state index in [0.717, 1.165) is 19.6 Å². The molecule has 2 rings (SSSR count). The van der Waals surface area contributed by atoms with Crippen LogP contribution in [0, 0.1) is 6.92 Å². The minimum Gasteiger partial charge on any atom is -0.313 e. The van der Waals surface area contributed by atoms with Crippen molar-refractivity contribution in [3.63, 3.8) is 0 Å². The van der Waals surface area contributed by atoms with Crippen LogP contribution in [0.4, 0.5) is 0 Å². The molecule has 17 heavy (non-hydrogen) atoms. The van der Waals surface area contributed by atoms with E-state index in [0.29, 0.717) is 6.04 Å². The Balaban J connectivity index is 2.00. The predicted molar refractivity (Wildman–Crippen MR) is 70.9 cm³/mol. The molecule has 0 amide bonds. The van der Waals surface area contributed by atoms with Crippen molar-refractivity contribution < 1.29 is 0 Å². The number of pyridine rings is 1. The molecule has 1 fully saturated rings. The Morgan fingerprint density at radius 3 is 3.18 bits per heavy atom. The summed E-state index contributed by atoms with van der Waals surface area (Å²) in [5, 5.41) is 3.61. The van der Waals surface area contributed by atoms with Gasteiger partial charge < -0.3 is 5.32 Å². The Morgan fingerprint density at radius 2 is 2.41 bits per heavy atom. The quantitative estimate of drug-likeness (QED) is 0.865. The van der Waals surface area contributed by atoms with Gasteiger partial charge in [0.2, 0.25) is 0 Å². The third-order valence-corrected chi connectivity index (χ3v) is 3.59. The molecular formula is C14H23N3. The Labute approximate surface area is 104 Å². The van der Waals surface area contributed by atoms with Gasteiger partial charge in [-0.1, -0.05) is 6.92 Å². The van der Waals surface area contributed by atoms with Crippen LogP contribution in [0.25, 0.3) is 0 Å². The maximum atomic E-state index is 4.16. The SMILES string of the molecule is CCC1CN(Cc2ccncc2C)CCCN1. The van der Waals surface area contributed by atoms with Crippen LogP contribution in [0.5, 0.6) is 0 Å². The fourth-order valence-corrected chi connectivity index (χ4v) is 2.41. The molecule has 1 aliphatic rings. The zero-order valence-corrected chi connectivity index (χ0v) is 10.9. The van der Waals surface area contributed by atoms with Gasteiger partial charge in [0.1, 0.15) is 0 Å². The first-order valence-electron chi connectivity index (χ1n) is 6.65. The normalized spacial score (nSPS) is 22.4. The zero-order chi connectivity index (χ0) is 12.1. The summed E-state index contributed by atoms with van der Waals surface area (Å²) in [6.07, 6.45) is 6.32. The average Bonchev–Trinajstić information content (AvgIpc) is 2.57. The van der Waals surface area contributed by atoms with Gasteiger partial charge in [-0.15, -0.1) is 0 Å². The molecule has 0 spiro atoms. The third kappa shape index (κ3) is 3.51. The maximum Gasteiger partial charge on any atom is 0.0300 e. The second-order valence-corrected chi connectivity index (χ2v) is 4.95. The summed E-state index contributed by atoms with van der Waals surface area (Å²) in [5.74, 6) is 0. The topological polar surface area (TPSA) is 28.2 Å². The number of hydrogen-bond acceptors (Lipinski definition) is 3. The van der Waals surface area contributed by atoms with Crippen molar-refractivity contribution in [1.82, 2.24) is 15.2 Å². The first-order chi connectivity index (χ1) is 8.29. The maximum absolute atomic E-state index is 4.16. The van der Waals surface area contributed by atoms with Crippen LogP contribution in [0.2, 0.25) is 0 Å². The summed E-state index contributed by atoms with van der Waals surface area (Å²) in [7, 11) is 0. The van der Waals surface area contributed by atoms with E-state index in [4.69, 9.17) is 0 Å². The van der Waals surface area contributed by atoms with Crippen molar-refractivity contribution in [1.29, 1.82) is 0 Å². The van der Waals surface area contributed by atoms with Crippen LogP contribution in [-0.4, -0.2) is 35.6 Å². The average molecular weight is 233 g/mol. The van der Waals surface area contributed by atoms with Gasteiger partial charge in [0.05, 0.1) is 0 Å². The highest BCUT2D eigenvalue weighted by Gasteiger charge is 2.16. The molecule has 0 bridgehead atoms. The first kappa shape index (κ1) is 12.5. The van der Waals surface area contributed by atoms with Crippen LogP contribution < -0.4 is 5.32 Å². The molecule has 1 aromatic rings. The van der Waals surface area contributed by atoms with Crippen molar-refractivity contribution in [3.8, 4) is 0 Å². The van der Waals surface area contributed by atoms with Gasteiger partial charge in [-0.25, -0.2) is 0 Å². The highest BCUT2D eigenvalue weighted by atomic mass is 15.2. The number of rotatable bonds is 3. The number of aryl methyl sites for hydroxylation is 1. The number of aromatic nitrogens is 1. The summed E-state index contributed by atoms with van der Waals surface area (Å²) in [6.45, 7) is 8.99. The molecule has 1 aliphatic heterocycles. The molecule has 3 nitrogen and oxygen atoms in total. The van der Waals surface area contributed by atoms with Crippen molar-refractivity contribution >= 4 is 0 Å². The lowest BCUT2D eigenvalue weighted by Crippen LogP contribution is -2.36. The van der Waals surface area contributed by atoms with Gasteiger partial charge in [-0.3, -0.25) is 9.88 Å². The largest absolute Gasteiger partial charge is 0.313 e. The Hall–Kier alpha value is -0.930. The number of hydrogen-bond donors (Lipinski definition) is 1. The molecule has 0 aromatic carbocycles. The standard InChI is InChI=1S/C14H23N3/c1-3-14-11-17(8-4-6-16-14)10-13-5-7-15-9-12(13)2/h5,7,9,14,16H,3-4,6,8,10-11H2,1-2H3.